The van der Waals surface area contributed by atoms with Crippen molar-refractivity contribution in [3.63, 3.8) is 0 Å². The number of unbranched alkanes of at least 4 members (excludes halogenated alkanes) is 12. The van der Waals surface area contributed by atoms with Gasteiger partial charge in [-0.3, -0.25) is 0 Å². The van der Waals surface area contributed by atoms with Gasteiger partial charge in [-0.25, -0.2) is 0 Å². The fourth-order valence-electron chi connectivity index (χ4n) is 2.19. The molecular weight excluding hydrogens is 210 g/mol. The number of hydrogen-bond donors (Lipinski definition) is 1. The molecule has 0 aliphatic carbocycles. The minimum atomic E-state index is 0. The number of hydrogen-bond acceptors (Lipinski definition) is 1. The quantitative estimate of drug-likeness (QED) is 0.487. The topological polar surface area (TPSA) is 57.6 Å². The maximum absolute atomic E-state index is 3.87. The van der Waals surface area contributed by atoms with E-state index in [9.17, 15) is 0 Å². The molecule has 0 saturated heterocycles. The zero-order valence-electron chi connectivity index (χ0n) is 12.1. The van der Waals surface area contributed by atoms with E-state index in [1.54, 1.807) is 0 Å². The van der Waals surface area contributed by atoms with E-state index in [4.69, 9.17) is 0 Å². The highest BCUT2D eigenvalue weighted by atomic mass is 16.0. The van der Waals surface area contributed by atoms with Gasteiger partial charge in [0.2, 0.25) is 0 Å². The molecule has 0 bridgehead atoms. The largest absolute Gasteiger partial charge is 0.870 e. The van der Waals surface area contributed by atoms with Gasteiger partial charge >= 0.3 is 0 Å². The lowest BCUT2D eigenvalue weighted by molar-refractivity contribution is -0.368. The molecule has 0 aliphatic rings. The Kier molecular flexibility index (Phi) is 20.7. The Balaban J connectivity index is 0. The van der Waals surface area contributed by atoms with Crippen LogP contribution in [0.4, 0.5) is 0 Å². The van der Waals surface area contributed by atoms with Gasteiger partial charge in [-0.2, -0.15) is 0 Å². The molecule has 0 atom stereocenters. The van der Waals surface area contributed by atoms with Crippen LogP contribution in [0, 0.1) is 0 Å². The maximum atomic E-state index is 3.87. The summed E-state index contributed by atoms with van der Waals surface area (Å²) in [5.41, 5.74) is 3.87. The first-order valence-corrected chi connectivity index (χ1v) is 7.71. The molecule has 0 radical (unpaired) electrons. The molecule has 0 unspecified atom stereocenters. The van der Waals surface area contributed by atoms with Crippen LogP contribution in [0.15, 0.2) is 0 Å². The Labute approximate surface area is 109 Å². The third-order valence-corrected chi connectivity index (χ3v) is 3.35. The lowest BCUT2D eigenvalue weighted by Crippen LogP contribution is -2.50. The molecule has 2 nitrogen and oxygen atoms in total. The molecule has 4 N–H and O–H groups in total. The molecule has 0 heterocycles. The Bertz CT molecular complexity index is 103. The van der Waals surface area contributed by atoms with Gasteiger partial charge < -0.3 is 11.2 Å². The molecule has 0 aromatic heterocycles. The fraction of sp³-hybridized carbons (Fsp3) is 1.00. The van der Waals surface area contributed by atoms with Crippen molar-refractivity contribution in [1.82, 2.24) is 0 Å². The smallest absolute Gasteiger partial charge is 0.0739 e. The average Bonchev–Trinajstić information content (AvgIpc) is 2.31. The van der Waals surface area contributed by atoms with Crippen LogP contribution < -0.4 is 5.73 Å². The van der Waals surface area contributed by atoms with Crippen molar-refractivity contribution in [2.45, 2.75) is 90.4 Å². The van der Waals surface area contributed by atoms with Gasteiger partial charge in [-0.1, -0.05) is 77.6 Å². The molecule has 0 saturated carbocycles. The van der Waals surface area contributed by atoms with Crippen LogP contribution in [0.5, 0.6) is 0 Å². The van der Waals surface area contributed by atoms with Gasteiger partial charge in [0.1, 0.15) is 0 Å². The zero-order chi connectivity index (χ0) is 11.9. The van der Waals surface area contributed by atoms with Gasteiger partial charge in [-0.15, -0.1) is 0 Å². The summed E-state index contributed by atoms with van der Waals surface area (Å²) < 4.78 is 0. The number of quaternary nitrogens is 1. The van der Waals surface area contributed by atoms with Crippen molar-refractivity contribution < 1.29 is 11.2 Å². The molecule has 0 rings (SSSR count). The minimum absolute atomic E-state index is 0. The highest BCUT2D eigenvalue weighted by molar-refractivity contribution is 4.48. The first kappa shape index (κ1) is 19.3. The molecule has 0 amide bonds. The molecule has 0 fully saturated rings. The average molecular weight is 245 g/mol. The lowest BCUT2D eigenvalue weighted by atomic mass is 10.0. The van der Waals surface area contributed by atoms with Gasteiger partial charge in [-0.05, 0) is 12.8 Å². The highest BCUT2D eigenvalue weighted by Crippen LogP contribution is 2.12. The maximum Gasteiger partial charge on any atom is 0.0739 e. The molecule has 0 aromatic rings. The van der Waals surface area contributed by atoms with Crippen LogP contribution in [0.3, 0.4) is 0 Å². The highest BCUT2D eigenvalue weighted by Gasteiger charge is 1.93. The zero-order valence-corrected chi connectivity index (χ0v) is 12.1. The van der Waals surface area contributed by atoms with E-state index in [0.29, 0.717) is 0 Å². The van der Waals surface area contributed by atoms with Gasteiger partial charge in [0, 0.05) is 0 Å². The van der Waals surface area contributed by atoms with E-state index in [0.717, 1.165) is 6.54 Å². The van der Waals surface area contributed by atoms with Crippen LogP contribution in [0.2, 0.25) is 0 Å². The second-order valence-corrected chi connectivity index (χ2v) is 5.10. The van der Waals surface area contributed by atoms with E-state index in [2.05, 4.69) is 12.7 Å². The molecule has 17 heavy (non-hydrogen) atoms. The van der Waals surface area contributed by atoms with Crippen LogP contribution in [0.1, 0.15) is 90.4 Å². The van der Waals surface area contributed by atoms with Crippen molar-refractivity contribution in [3.8, 4) is 0 Å². The first-order valence-electron chi connectivity index (χ1n) is 7.71. The lowest BCUT2D eigenvalue weighted by Gasteiger charge is -2.02. The van der Waals surface area contributed by atoms with Crippen LogP contribution in [-0.2, 0) is 0 Å². The molecule has 0 spiro atoms. The fourth-order valence-corrected chi connectivity index (χ4v) is 2.19. The van der Waals surface area contributed by atoms with Crippen molar-refractivity contribution in [3.05, 3.63) is 0 Å². The van der Waals surface area contributed by atoms with Gasteiger partial charge in [0.25, 0.3) is 0 Å². The molecule has 2 heteroatoms. The summed E-state index contributed by atoms with van der Waals surface area (Å²) >= 11 is 0. The summed E-state index contributed by atoms with van der Waals surface area (Å²) in [6.07, 6.45) is 18.7. The van der Waals surface area contributed by atoms with E-state index in [1.165, 1.54) is 83.5 Å². The predicted octanol–water partition coefficient (Wildman–Crippen LogP) is 4.14. The van der Waals surface area contributed by atoms with E-state index in [-0.39, 0.29) is 5.48 Å². The Hall–Kier alpha value is -0.0800. The Morgan fingerprint density at radius 2 is 0.824 bits per heavy atom. The third-order valence-electron chi connectivity index (χ3n) is 3.35. The SMILES string of the molecule is CCCCCCCCCCCCCCC[NH3+].[OH-]. The third kappa shape index (κ3) is 18.5. The molecule has 106 valence electrons. The van der Waals surface area contributed by atoms with Crippen LogP contribution >= 0.6 is 0 Å². The Morgan fingerprint density at radius 1 is 0.529 bits per heavy atom. The first-order chi connectivity index (χ1) is 7.91. The van der Waals surface area contributed by atoms with Crippen LogP contribution in [-0.4, -0.2) is 12.0 Å². The predicted molar refractivity (Wildman–Crippen MR) is 75.4 cm³/mol. The molecule has 0 aliphatic heterocycles. The monoisotopic (exact) mass is 245 g/mol. The second kappa shape index (κ2) is 18.3. The minimum Gasteiger partial charge on any atom is -0.870 e. The molecular formula is C15H35NO. The summed E-state index contributed by atoms with van der Waals surface area (Å²) in [6, 6.07) is 0. The summed E-state index contributed by atoms with van der Waals surface area (Å²) in [5.74, 6) is 0. The van der Waals surface area contributed by atoms with Crippen LogP contribution in [0.25, 0.3) is 0 Å². The van der Waals surface area contributed by atoms with Crippen molar-refractivity contribution in [2.24, 2.45) is 0 Å². The van der Waals surface area contributed by atoms with Crippen molar-refractivity contribution >= 4 is 0 Å². The van der Waals surface area contributed by atoms with E-state index < -0.39 is 0 Å². The standard InChI is InChI=1S/C15H33N.H2O/c1-2-3-4-5-6-7-8-9-10-11-12-13-14-15-16;/h2-16H2,1H3;1H2. The molecule has 0 aromatic carbocycles. The van der Waals surface area contributed by atoms with E-state index >= 15 is 0 Å². The summed E-state index contributed by atoms with van der Waals surface area (Å²) in [6.45, 7) is 3.41. The van der Waals surface area contributed by atoms with Crippen molar-refractivity contribution in [1.29, 1.82) is 0 Å². The number of rotatable bonds is 13. The Morgan fingerprint density at radius 3 is 1.12 bits per heavy atom. The summed E-state index contributed by atoms with van der Waals surface area (Å²) in [5, 5.41) is 0. The normalized spacial score (nSPS) is 10.2. The summed E-state index contributed by atoms with van der Waals surface area (Å²) in [4.78, 5) is 0. The second-order valence-electron chi connectivity index (χ2n) is 5.10. The van der Waals surface area contributed by atoms with Gasteiger partial charge in [0.05, 0.1) is 6.54 Å². The van der Waals surface area contributed by atoms with Crippen molar-refractivity contribution in [2.75, 3.05) is 6.54 Å². The summed E-state index contributed by atoms with van der Waals surface area (Å²) in [7, 11) is 0. The van der Waals surface area contributed by atoms with Gasteiger partial charge in [0.15, 0.2) is 0 Å². The van der Waals surface area contributed by atoms with E-state index in [1.807, 2.05) is 0 Å².